The molecule has 23 heavy (non-hydrogen) atoms. The van der Waals surface area contributed by atoms with Gasteiger partial charge in [0.25, 0.3) is 5.91 Å². The lowest BCUT2D eigenvalue weighted by Gasteiger charge is -2.08. The van der Waals surface area contributed by atoms with Crippen molar-refractivity contribution in [2.75, 3.05) is 18.5 Å². The lowest BCUT2D eigenvalue weighted by molar-refractivity contribution is -0.149. The Morgan fingerprint density at radius 2 is 1.87 bits per heavy atom. The number of amides is 1. The first kappa shape index (κ1) is 16.5. The average molecular weight is 317 g/mol. The largest absolute Gasteiger partial charge is 0.482 e. The van der Waals surface area contributed by atoms with Crippen molar-refractivity contribution in [2.24, 2.45) is 0 Å². The van der Waals surface area contributed by atoms with E-state index in [4.69, 9.17) is 9.47 Å². The molecule has 1 amide bonds. The standard InChI is InChI=1S/C17H16FNO4/c1-12-4-2-7-15(8-12)22-11-17(21)23-10-16(20)19-14-6-3-5-13(18)9-14/h2-9H,10-11H2,1H3,(H,19,20). The van der Waals surface area contributed by atoms with Gasteiger partial charge in [0.1, 0.15) is 11.6 Å². The maximum atomic E-state index is 13.0. The Balaban J connectivity index is 1.72. The van der Waals surface area contributed by atoms with Crippen LogP contribution in [0.4, 0.5) is 10.1 Å². The summed E-state index contributed by atoms with van der Waals surface area (Å²) in [5.74, 6) is -1.14. The van der Waals surface area contributed by atoms with Crippen LogP contribution < -0.4 is 10.1 Å². The van der Waals surface area contributed by atoms with Crippen LogP contribution in [0.5, 0.6) is 5.75 Å². The second-order valence-corrected chi connectivity index (χ2v) is 4.82. The number of hydrogen-bond donors (Lipinski definition) is 1. The molecule has 0 aliphatic carbocycles. The van der Waals surface area contributed by atoms with Gasteiger partial charge in [-0.25, -0.2) is 9.18 Å². The number of halogens is 1. The van der Waals surface area contributed by atoms with Gasteiger partial charge in [0, 0.05) is 5.69 Å². The number of ether oxygens (including phenoxy) is 2. The Morgan fingerprint density at radius 3 is 2.61 bits per heavy atom. The van der Waals surface area contributed by atoms with E-state index in [1.54, 1.807) is 12.1 Å². The Kier molecular flexibility index (Phi) is 5.68. The zero-order valence-electron chi connectivity index (χ0n) is 12.5. The van der Waals surface area contributed by atoms with Gasteiger partial charge >= 0.3 is 5.97 Å². The van der Waals surface area contributed by atoms with Crippen molar-refractivity contribution in [3.63, 3.8) is 0 Å². The van der Waals surface area contributed by atoms with Gasteiger partial charge in [-0.15, -0.1) is 0 Å². The highest BCUT2D eigenvalue weighted by molar-refractivity contribution is 5.92. The van der Waals surface area contributed by atoms with E-state index >= 15 is 0 Å². The summed E-state index contributed by atoms with van der Waals surface area (Å²) in [7, 11) is 0. The number of aryl methyl sites for hydroxylation is 1. The van der Waals surface area contributed by atoms with Crippen LogP contribution in [0.1, 0.15) is 5.56 Å². The summed E-state index contributed by atoms with van der Waals surface area (Å²) in [5, 5.41) is 2.42. The van der Waals surface area contributed by atoms with Gasteiger partial charge in [0.15, 0.2) is 13.2 Å². The van der Waals surface area contributed by atoms with Crippen molar-refractivity contribution >= 4 is 17.6 Å². The van der Waals surface area contributed by atoms with Crippen molar-refractivity contribution in [3.05, 3.63) is 59.9 Å². The molecule has 6 heteroatoms. The molecular weight excluding hydrogens is 301 g/mol. The van der Waals surface area contributed by atoms with Gasteiger partial charge in [0.2, 0.25) is 0 Å². The number of rotatable bonds is 6. The van der Waals surface area contributed by atoms with E-state index in [2.05, 4.69) is 5.32 Å². The number of benzene rings is 2. The van der Waals surface area contributed by atoms with Crippen molar-refractivity contribution in [3.8, 4) is 5.75 Å². The third-order valence-electron chi connectivity index (χ3n) is 2.82. The SMILES string of the molecule is Cc1cccc(OCC(=O)OCC(=O)Nc2cccc(F)c2)c1. The summed E-state index contributed by atoms with van der Waals surface area (Å²) in [6.07, 6.45) is 0. The number of carbonyl (C=O) groups excluding carboxylic acids is 2. The molecule has 5 nitrogen and oxygen atoms in total. The van der Waals surface area contributed by atoms with Crippen molar-refractivity contribution in [1.29, 1.82) is 0 Å². The molecule has 0 bridgehead atoms. The van der Waals surface area contributed by atoms with Crippen LogP contribution in [0.3, 0.4) is 0 Å². The van der Waals surface area contributed by atoms with Crippen LogP contribution >= 0.6 is 0 Å². The first-order chi connectivity index (χ1) is 11.0. The normalized spacial score (nSPS) is 10.0. The molecule has 0 saturated carbocycles. The molecule has 0 aliphatic rings. The average Bonchev–Trinajstić information content (AvgIpc) is 2.51. The second kappa shape index (κ2) is 7.93. The lowest BCUT2D eigenvalue weighted by Crippen LogP contribution is -2.23. The number of hydrogen-bond acceptors (Lipinski definition) is 4. The first-order valence-corrected chi connectivity index (χ1v) is 6.93. The van der Waals surface area contributed by atoms with E-state index in [0.717, 1.165) is 5.56 Å². The molecule has 0 spiro atoms. The molecule has 0 fully saturated rings. The fourth-order valence-corrected chi connectivity index (χ4v) is 1.80. The molecule has 2 rings (SSSR count). The number of nitrogens with one attached hydrogen (secondary N) is 1. The third kappa shape index (κ3) is 5.78. The molecule has 0 aliphatic heterocycles. The van der Waals surface area contributed by atoms with Crippen LogP contribution in [0.2, 0.25) is 0 Å². The zero-order chi connectivity index (χ0) is 16.7. The second-order valence-electron chi connectivity index (χ2n) is 4.82. The fraction of sp³-hybridized carbons (Fsp3) is 0.176. The lowest BCUT2D eigenvalue weighted by atomic mass is 10.2. The Labute approximate surface area is 133 Å². The monoisotopic (exact) mass is 317 g/mol. The highest BCUT2D eigenvalue weighted by Gasteiger charge is 2.09. The van der Waals surface area contributed by atoms with Gasteiger partial charge in [-0.3, -0.25) is 4.79 Å². The fourth-order valence-electron chi connectivity index (χ4n) is 1.80. The molecule has 1 N–H and O–H groups in total. The first-order valence-electron chi connectivity index (χ1n) is 6.93. The van der Waals surface area contributed by atoms with Gasteiger partial charge in [-0.05, 0) is 42.8 Å². The molecule has 0 unspecified atom stereocenters. The van der Waals surface area contributed by atoms with Crippen LogP contribution in [-0.4, -0.2) is 25.1 Å². The maximum absolute atomic E-state index is 13.0. The molecule has 0 atom stereocenters. The van der Waals surface area contributed by atoms with E-state index in [1.807, 2.05) is 19.1 Å². The van der Waals surface area contributed by atoms with Gasteiger partial charge in [-0.2, -0.15) is 0 Å². The number of carbonyl (C=O) groups is 2. The minimum atomic E-state index is -0.666. The molecule has 0 aromatic heterocycles. The van der Waals surface area contributed by atoms with Crippen LogP contribution in [-0.2, 0) is 14.3 Å². The van der Waals surface area contributed by atoms with Gasteiger partial charge in [0.05, 0.1) is 0 Å². The predicted molar refractivity (Wildman–Crippen MR) is 82.7 cm³/mol. The predicted octanol–water partition coefficient (Wildman–Crippen LogP) is 2.69. The highest BCUT2D eigenvalue weighted by atomic mass is 19.1. The van der Waals surface area contributed by atoms with E-state index in [-0.39, 0.29) is 6.61 Å². The Morgan fingerprint density at radius 1 is 1.09 bits per heavy atom. The van der Waals surface area contributed by atoms with Crippen LogP contribution in [0.25, 0.3) is 0 Å². The van der Waals surface area contributed by atoms with Crippen LogP contribution in [0, 0.1) is 12.7 Å². The smallest absolute Gasteiger partial charge is 0.344 e. The van der Waals surface area contributed by atoms with E-state index in [0.29, 0.717) is 11.4 Å². The van der Waals surface area contributed by atoms with Crippen LogP contribution in [0.15, 0.2) is 48.5 Å². The van der Waals surface area contributed by atoms with E-state index in [9.17, 15) is 14.0 Å². The number of anilines is 1. The molecule has 2 aromatic carbocycles. The summed E-state index contributed by atoms with van der Waals surface area (Å²) < 4.78 is 23.0. The summed E-state index contributed by atoms with van der Waals surface area (Å²) in [5.41, 5.74) is 1.30. The van der Waals surface area contributed by atoms with Gasteiger partial charge in [-0.1, -0.05) is 18.2 Å². The van der Waals surface area contributed by atoms with E-state index < -0.39 is 24.3 Å². The third-order valence-corrected chi connectivity index (χ3v) is 2.82. The highest BCUT2D eigenvalue weighted by Crippen LogP contribution is 2.12. The van der Waals surface area contributed by atoms with Gasteiger partial charge < -0.3 is 14.8 Å². The number of esters is 1. The van der Waals surface area contributed by atoms with Crippen molar-refractivity contribution in [2.45, 2.75) is 6.92 Å². The Bertz CT molecular complexity index is 702. The summed E-state index contributed by atoms with van der Waals surface area (Å²) in [4.78, 5) is 23.1. The minimum Gasteiger partial charge on any atom is -0.482 e. The summed E-state index contributed by atoms with van der Waals surface area (Å²) in [6.45, 7) is 1.14. The molecule has 0 radical (unpaired) electrons. The minimum absolute atomic E-state index is 0.294. The molecule has 120 valence electrons. The topological polar surface area (TPSA) is 64.6 Å². The molecule has 2 aromatic rings. The molecular formula is C17H16FNO4. The quantitative estimate of drug-likeness (QED) is 0.832. The molecule has 0 heterocycles. The Hall–Kier alpha value is -2.89. The van der Waals surface area contributed by atoms with Crippen molar-refractivity contribution in [1.82, 2.24) is 0 Å². The zero-order valence-corrected chi connectivity index (χ0v) is 12.5. The summed E-state index contributed by atoms with van der Waals surface area (Å²) in [6, 6.07) is 12.6. The van der Waals surface area contributed by atoms with Crippen molar-refractivity contribution < 1.29 is 23.5 Å². The maximum Gasteiger partial charge on any atom is 0.344 e. The van der Waals surface area contributed by atoms with E-state index in [1.165, 1.54) is 24.3 Å². The molecule has 0 saturated heterocycles. The summed E-state index contributed by atoms with van der Waals surface area (Å²) >= 11 is 0.